The van der Waals surface area contributed by atoms with Crippen LogP contribution < -0.4 is 10.5 Å². The summed E-state index contributed by atoms with van der Waals surface area (Å²) in [5.41, 5.74) is 6.74. The fourth-order valence-electron chi connectivity index (χ4n) is 1.44. The van der Waals surface area contributed by atoms with Crippen LogP contribution in [0.3, 0.4) is 0 Å². The summed E-state index contributed by atoms with van der Waals surface area (Å²) in [6.45, 7) is 1.31. The molecular formula is C11H14N2O3. The number of nitrogens with two attached hydrogens (primary N) is 1. The number of rotatable bonds is 5. The van der Waals surface area contributed by atoms with Crippen LogP contribution in [-0.2, 0) is 11.3 Å². The monoisotopic (exact) mass is 222 g/mol. The Labute approximate surface area is 93.2 Å². The molecule has 0 radical (unpaired) electrons. The highest BCUT2D eigenvalue weighted by molar-refractivity contribution is 5.79. The van der Waals surface area contributed by atoms with E-state index in [0.717, 1.165) is 5.52 Å². The maximum absolute atomic E-state index is 5.50. The highest BCUT2D eigenvalue weighted by Gasteiger charge is 2.09. The standard InChI is InChI=1S/C11H14N2O3/c1-14-8-3-2-4-9-11(8)13-10(16-9)7-15-6-5-12/h2-4H,5-7,12H2,1H3. The van der Waals surface area contributed by atoms with Gasteiger partial charge in [-0.1, -0.05) is 6.07 Å². The van der Waals surface area contributed by atoms with Crippen LogP contribution in [0, 0.1) is 0 Å². The number of hydrogen-bond donors (Lipinski definition) is 1. The van der Waals surface area contributed by atoms with Crippen LogP contribution in [0.25, 0.3) is 11.1 Å². The molecule has 2 rings (SSSR count). The van der Waals surface area contributed by atoms with Gasteiger partial charge in [0.25, 0.3) is 0 Å². The van der Waals surface area contributed by atoms with Crippen LogP contribution in [0.4, 0.5) is 0 Å². The lowest BCUT2D eigenvalue weighted by atomic mass is 10.3. The highest BCUT2D eigenvalue weighted by atomic mass is 16.5. The van der Waals surface area contributed by atoms with Gasteiger partial charge in [-0.05, 0) is 12.1 Å². The van der Waals surface area contributed by atoms with Crippen molar-refractivity contribution >= 4 is 11.1 Å². The molecule has 1 heterocycles. The van der Waals surface area contributed by atoms with E-state index in [1.807, 2.05) is 18.2 Å². The largest absolute Gasteiger partial charge is 0.494 e. The first-order valence-electron chi connectivity index (χ1n) is 5.05. The second-order valence-corrected chi connectivity index (χ2v) is 3.26. The van der Waals surface area contributed by atoms with Gasteiger partial charge in [0.05, 0.1) is 13.7 Å². The van der Waals surface area contributed by atoms with E-state index in [9.17, 15) is 0 Å². The fraction of sp³-hybridized carbons (Fsp3) is 0.364. The van der Waals surface area contributed by atoms with Gasteiger partial charge < -0.3 is 19.6 Å². The van der Waals surface area contributed by atoms with E-state index in [4.69, 9.17) is 19.6 Å². The van der Waals surface area contributed by atoms with Crippen molar-refractivity contribution in [3.63, 3.8) is 0 Å². The zero-order valence-electron chi connectivity index (χ0n) is 9.10. The van der Waals surface area contributed by atoms with E-state index in [1.165, 1.54) is 0 Å². The van der Waals surface area contributed by atoms with Gasteiger partial charge in [-0.2, -0.15) is 0 Å². The average Bonchev–Trinajstić information content (AvgIpc) is 2.71. The Morgan fingerprint density at radius 1 is 1.44 bits per heavy atom. The maximum atomic E-state index is 5.50. The van der Waals surface area contributed by atoms with Gasteiger partial charge >= 0.3 is 0 Å². The van der Waals surface area contributed by atoms with Crippen LogP contribution >= 0.6 is 0 Å². The molecule has 0 aliphatic rings. The minimum absolute atomic E-state index is 0.328. The quantitative estimate of drug-likeness (QED) is 0.772. The molecule has 0 bridgehead atoms. The number of ether oxygens (including phenoxy) is 2. The van der Waals surface area contributed by atoms with Crippen molar-refractivity contribution in [3.05, 3.63) is 24.1 Å². The Balaban J connectivity index is 2.22. The van der Waals surface area contributed by atoms with Crippen molar-refractivity contribution in [2.24, 2.45) is 5.73 Å². The molecule has 0 aliphatic carbocycles. The van der Waals surface area contributed by atoms with E-state index in [0.29, 0.717) is 37.0 Å². The SMILES string of the molecule is COc1cccc2oc(COCCN)nc12. The summed E-state index contributed by atoms with van der Waals surface area (Å²) < 4.78 is 15.9. The van der Waals surface area contributed by atoms with Crippen LogP contribution in [0.5, 0.6) is 5.75 Å². The van der Waals surface area contributed by atoms with Crippen LogP contribution in [0.15, 0.2) is 22.6 Å². The first-order valence-corrected chi connectivity index (χ1v) is 5.05. The molecule has 0 amide bonds. The van der Waals surface area contributed by atoms with Gasteiger partial charge in [-0.3, -0.25) is 0 Å². The lowest BCUT2D eigenvalue weighted by molar-refractivity contribution is 0.110. The van der Waals surface area contributed by atoms with Crippen molar-refractivity contribution in [2.75, 3.05) is 20.3 Å². The lowest BCUT2D eigenvalue weighted by Crippen LogP contribution is -2.08. The highest BCUT2D eigenvalue weighted by Crippen LogP contribution is 2.25. The Bertz CT molecular complexity index is 467. The normalized spacial score (nSPS) is 10.9. The molecule has 5 nitrogen and oxygen atoms in total. The van der Waals surface area contributed by atoms with Crippen molar-refractivity contribution in [2.45, 2.75) is 6.61 Å². The third-order valence-corrected chi connectivity index (χ3v) is 2.13. The van der Waals surface area contributed by atoms with Crippen LogP contribution in [0.2, 0.25) is 0 Å². The molecule has 1 aromatic heterocycles. The van der Waals surface area contributed by atoms with Gasteiger partial charge in [-0.25, -0.2) is 4.98 Å². The van der Waals surface area contributed by atoms with Gasteiger partial charge in [0, 0.05) is 6.54 Å². The molecule has 86 valence electrons. The van der Waals surface area contributed by atoms with Gasteiger partial charge in [0.15, 0.2) is 11.1 Å². The summed E-state index contributed by atoms with van der Waals surface area (Å²) in [7, 11) is 1.61. The van der Waals surface area contributed by atoms with E-state index in [2.05, 4.69) is 4.98 Å². The van der Waals surface area contributed by atoms with E-state index in [1.54, 1.807) is 7.11 Å². The van der Waals surface area contributed by atoms with E-state index in [-0.39, 0.29) is 0 Å². The second kappa shape index (κ2) is 4.96. The topological polar surface area (TPSA) is 70.5 Å². The molecule has 0 atom stereocenters. The smallest absolute Gasteiger partial charge is 0.221 e. The summed E-state index contributed by atoms with van der Waals surface area (Å²) in [5.74, 6) is 1.24. The molecule has 16 heavy (non-hydrogen) atoms. The first kappa shape index (κ1) is 10.9. The molecule has 0 unspecified atom stereocenters. The van der Waals surface area contributed by atoms with Gasteiger partial charge in [0.1, 0.15) is 12.4 Å². The van der Waals surface area contributed by atoms with E-state index < -0.39 is 0 Å². The summed E-state index contributed by atoms with van der Waals surface area (Å²) in [4.78, 5) is 4.30. The second-order valence-electron chi connectivity index (χ2n) is 3.26. The predicted octanol–water partition coefficient (Wildman–Crippen LogP) is 1.31. The molecule has 0 saturated heterocycles. The number of benzene rings is 1. The Morgan fingerprint density at radius 2 is 2.31 bits per heavy atom. The maximum Gasteiger partial charge on any atom is 0.221 e. The summed E-state index contributed by atoms with van der Waals surface area (Å²) in [6, 6.07) is 5.55. The lowest BCUT2D eigenvalue weighted by Gasteiger charge is -1.97. The van der Waals surface area contributed by atoms with Gasteiger partial charge in [-0.15, -0.1) is 0 Å². The molecule has 0 saturated carbocycles. The zero-order chi connectivity index (χ0) is 11.4. The third-order valence-electron chi connectivity index (χ3n) is 2.13. The summed E-state index contributed by atoms with van der Waals surface area (Å²) in [6.07, 6.45) is 0. The molecule has 0 aliphatic heterocycles. The Kier molecular flexibility index (Phi) is 3.38. The minimum Gasteiger partial charge on any atom is -0.494 e. The molecule has 2 aromatic rings. The number of nitrogens with zero attached hydrogens (tertiary/aromatic N) is 1. The Morgan fingerprint density at radius 3 is 3.06 bits per heavy atom. The first-order chi connectivity index (χ1) is 7.85. The summed E-state index contributed by atoms with van der Waals surface area (Å²) in [5, 5.41) is 0. The number of aromatic nitrogens is 1. The van der Waals surface area contributed by atoms with Gasteiger partial charge in [0.2, 0.25) is 5.89 Å². The van der Waals surface area contributed by atoms with Crippen molar-refractivity contribution in [1.29, 1.82) is 0 Å². The van der Waals surface area contributed by atoms with E-state index >= 15 is 0 Å². The molecule has 0 spiro atoms. The van der Waals surface area contributed by atoms with Crippen LogP contribution in [0.1, 0.15) is 5.89 Å². The van der Waals surface area contributed by atoms with Crippen LogP contribution in [-0.4, -0.2) is 25.2 Å². The molecule has 5 heteroatoms. The fourth-order valence-corrected chi connectivity index (χ4v) is 1.44. The minimum atomic E-state index is 0.328. The molecular weight excluding hydrogens is 208 g/mol. The number of oxazole rings is 1. The molecule has 1 aromatic carbocycles. The number of fused-ring (bicyclic) bond motifs is 1. The number of methoxy groups -OCH3 is 1. The average molecular weight is 222 g/mol. The predicted molar refractivity (Wildman–Crippen MR) is 59.3 cm³/mol. The molecule has 2 N–H and O–H groups in total. The Hall–Kier alpha value is -1.59. The molecule has 0 fully saturated rings. The van der Waals surface area contributed by atoms with Crippen molar-refractivity contribution < 1.29 is 13.9 Å². The summed E-state index contributed by atoms with van der Waals surface area (Å²) >= 11 is 0. The number of hydrogen-bond acceptors (Lipinski definition) is 5. The third kappa shape index (κ3) is 2.15. The van der Waals surface area contributed by atoms with Crippen molar-refractivity contribution in [3.8, 4) is 5.75 Å². The number of para-hydroxylation sites is 1. The van der Waals surface area contributed by atoms with Crippen molar-refractivity contribution in [1.82, 2.24) is 4.98 Å². The zero-order valence-corrected chi connectivity index (χ0v) is 9.10.